The van der Waals surface area contributed by atoms with Crippen LogP contribution < -0.4 is 10.0 Å². The van der Waals surface area contributed by atoms with Crippen LogP contribution in [0.25, 0.3) is 0 Å². The van der Waals surface area contributed by atoms with Gasteiger partial charge < -0.3 is 10.4 Å². The van der Waals surface area contributed by atoms with Crippen LogP contribution in [0.5, 0.6) is 0 Å². The maximum absolute atomic E-state index is 13.2. The van der Waals surface area contributed by atoms with Gasteiger partial charge in [-0.05, 0) is 36.0 Å². The second kappa shape index (κ2) is 9.93. The van der Waals surface area contributed by atoms with Crippen molar-refractivity contribution in [2.45, 2.75) is 45.6 Å². The number of nitrogens with one attached hydrogen (secondary N) is 2. The molecule has 1 heterocycles. The molecule has 2 aromatic rings. The lowest BCUT2D eigenvalue weighted by Gasteiger charge is -2.19. The third-order valence-electron chi connectivity index (χ3n) is 4.20. The molecule has 10 heteroatoms. The van der Waals surface area contributed by atoms with Gasteiger partial charge in [0.25, 0.3) is 0 Å². The van der Waals surface area contributed by atoms with E-state index in [4.69, 9.17) is 0 Å². The van der Waals surface area contributed by atoms with Crippen molar-refractivity contribution in [3.8, 4) is 0 Å². The van der Waals surface area contributed by atoms with Crippen LogP contribution in [0.1, 0.15) is 44.5 Å². The largest absolute Gasteiger partial charge is 0.394 e. The van der Waals surface area contributed by atoms with Crippen molar-refractivity contribution in [1.29, 1.82) is 0 Å². The molecule has 0 fully saturated rings. The highest BCUT2D eigenvalue weighted by atomic mass is 32.2. The summed E-state index contributed by atoms with van der Waals surface area (Å²) in [5, 5.41) is 12.7. The van der Waals surface area contributed by atoms with Crippen LogP contribution in [0.4, 0.5) is 16.3 Å². The summed E-state index contributed by atoms with van der Waals surface area (Å²) in [5.74, 6) is 0.480. The molecule has 0 spiro atoms. The standard InChI is InChI=1S/C19H28FN5O3S/c1-12(2)9-16(11-26)21-18-22-17(23-19(24-18)25-29(4,27)28)10-13(3)14-5-7-15(20)8-6-14/h5-8,12-13,16,26H,9-11H2,1-4H3,(H2,21,22,23,24,25)/t13-,16+/m0/s1. The van der Waals surface area contributed by atoms with E-state index in [0.717, 1.165) is 11.8 Å². The Bertz CT molecular complexity index is 907. The molecule has 1 aromatic carbocycles. The molecule has 1 aromatic heterocycles. The maximum Gasteiger partial charge on any atom is 0.241 e. The minimum atomic E-state index is -3.57. The fourth-order valence-electron chi connectivity index (χ4n) is 2.90. The van der Waals surface area contributed by atoms with Crippen molar-refractivity contribution < 1.29 is 17.9 Å². The predicted molar refractivity (Wildman–Crippen MR) is 111 cm³/mol. The first kappa shape index (κ1) is 23.0. The van der Waals surface area contributed by atoms with Gasteiger partial charge in [-0.25, -0.2) is 12.8 Å². The molecule has 2 atom stereocenters. The average molecular weight is 426 g/mol. The Hall–Kier alpha value is -2.33. The lowest BCUT2D eigenvalue weighted by Crippen LogP contribution is -2.27. The molecular formula is C19H28FN5O3S. The van der Waals surface area contributed by atoms with Crippen molar-refractivity contribution >= 4 is 21.9 Å². The van der Waals surface area contributed by atoms with E-state index in [-0.39, 0.29) is 36.3 Å². The molecule has 0 amide bonds. The van der Waals surface area contributed by atoms with E-state index in [2.05, 4.69) is 25.0 Å². The number of hydrogen-bond donors (Lipinski definition) is 3. The van der Waals surface area contributed by atoms with Crippen LogP contribution >= 0.6 is 0 Å². The van der Waals surface area contributed by atoms with Gasteiger partial charge >= 0.3 is 0 Å². The minimum absolute atomic E-state index is 0.0266. The lowest BCUT2D eigenvalue weighted by molar-refractivity contribution is 0.259. The number of aliphatic hydroxyl groups excluding tert-OH is 1. The summed E-state index contributed by atoms with van der Waals surface area (Å²) in [7, 11) is -3.57. The molecule has 2 rings (SSSR count). The Labute approximate surface area is 171 Å². The Morgan fingerprint density at radius 1 is 1.07 bits per heavy atom. The van der Waals surface area contributed by atoms with Gasteiger partial charge in [-0.1, -0.05) is 32.9 Å². The molecule has 0 saturated carbocycles. The van der Waals surface area contributed by atoms with E-state index in [1.165, 1.54) is 12.1 Å². The third kappa shape index (κ3) is 7.90. The molecule has 0 aliphatic rings. The minimum Gasteiger partial charge on any atom is -0.394 e. The normalized spacial score (nSPS) is 13.9. The van der Waals surface area contributed by atoms with Crippen LogP contribution in [-0.4, -0.2) is 47.4 Å². The molecular weight excluding hydrogens is 397 g/mol. The maximum atomic E-state index is 13.2. The quantitative estimate of drug-likeness (QED) is 0.535. The number of anilines is 2. The number of aliphatic hydroxyl groups is 1. The monoisotopic (exact) mass is 425 g/mol. The van der Waals surface area contributed by atoms with Crippen molar-refractivity contribution in [2.75, 3.05) is 22.9 Å². The zero-order chi connectivity index (χ0) is 21.6. The van der Waals surface area contributed by atoms with Gasteiger partial charge in [0.15, 0.2) is 0 Å². The molecule has 0 radical (unpaired) electrons. The van der Waals surface area contributed by atoms with E-state index >= 15 is 0 Å². The fraction of sp³-hybridized carbons (Fsp3) is 0.526. The summed E-state index contributed by atoms with van der Waals surface area (Å²) < 4.78 is 38.7. The Morgan fingerprint density at radius 2 is 1.69 bits per heavy atom. The number of hydrogen-bond acceptors (Lipinski definition) is 7. The van der Waals surface area contributed by atoms with E-state index < -0.39 is 10.0 Å². The van der Waals surface area contributed by atoms with E-state index in [1.807, 2.05) is 20.8 Å². The second-order valence-corrected chi connectivity index (χ2v) is 9.33. The molecule has 29 heavy (non-hydrogen) atoms. The lowest BCUT2D eigenvalue weighted by atomic mass is 9.97. The van der Waals surface area contributed by atoms with Crippen LogP contribution in [0, 0.1) is 11.7 Å². The summed E-state index contributed by atoms with van der Waals surface area (Å²) in [6.07, 6.45) is 2.10. The van der Waals surface area contributed by atoms with Crippen LogP contribution in [0.3, 0.4) is 0 Å². The van der Waals surface area contributed by atoms with E-state index in [9.17, 15) is 17.9 Å². The molecule has 0 unspecified atom stereocenters. The van der Waals surface area contributed by atoms with Gasteiger partial charge in [0.1, 0.15) is 11.6 Å². The summed E-state index contributed by atoms with van der Waals surface area (Å²) in [5.41, 5.74) is 0.909. The molecule has 0 aliphatic carbocycles. The number of rotatable bonds is 10. The SMILES string of the molecule is CC(C)C[C@H](CO)Nc1nc(C[C@H](C)c2ccc(F)cc2)nc(NS(C)(=O)=O)n1. The number of aromatic nitrogens is 3. The molecule has 160 valence electrons. The number of halogens is 1. The first-order chi connectivity index (χ1) is 13.6. The Kier molecular flexibility index (Phi) is 7.86. The molecule has 0 saturated heterocycles. The second-order valence-electron chi connectivity index (χ2n) is 7.58. The van der Waals surface area contributed by atoms with Crippen LogP contribution in [0.2, 0.25) is 0 Å². The van der Waals surface area contributed by atoms with Gasteiger partial charge in [0.2, 0.25) is 21.9 Å². The summed E-state index contributed by atoms with van der Waals surface area (Å²) in [6.45, 7) is 5.90. The van der Waals surface area contributed by atoms with Crippen molar-refractivity contribution in [1.82, 2.24) is 15.0 Å². The summed E-state index contributed by atoms with van der Waals surface area (Å²) in [4.78, 5) is 12.7. The van der Waals surface area contributed by atoms with E-state index in [0.29, 0.717) is 24.6 Å². The van der Waals surface area contributed by atoms with Gasteiger partial charge in [0.05, 0.1) is 18.9 Å². The highest BCUT2D eigenvalue weighted by molar-refractivity contribution is 7.91. The predicted octanol–water partition coefficient (Wildman–Crippen LogP) is 2.55. The molecule has 8 nitrogen and oxygen atoms in total. The van der Waals surface area contributed by atoms with Gasteiger partial charge in [0, 0.05) is 6.42 Å². The first-order valence-electron chi connectivity index (χ1n) is 9.41. The topological polar surface area (TPSA) is 117 Å². The van der Waals surface area contributed by atoms with Crippen molar-refractivity contribution in [2.24, 2.45) is 5.92 Å². The zero-order valence-corrected chi connectivity index (χ0v) is 17.9. The van der Waals surface area contributed by atoms with Gasteiger partial charge in [-0.2, -0.15) is 15.0 Å². The average Bonchev–Trinajstić information content (AvgIpc) is 2.59. The third-order valence-corrected chi connectivity index (χ3v) is 4.75. The summed E-state index contributed by atoms with van der Waals surface area (Å²) in [6, 6.07) is 5.90. The van der Waals surface area contributed by atoms with Crippen LogP contribution in [-0.2, 0) is 16.4 Å². The highest BCUT2D eigenvalue weighted by Crippen LogP contribution is 2.21. The van der Waals surface area contributed by atoms with Crippen LogP contribution in [0.15, 0.2) is 24.3 Å². The molecule has 3 N–H and O–H groups in total. The zero-order valence-electron chi connectivity index (χ0n) is 17.1. The van der Waals surface area contributed by atoms with Crippen molar-refractivity contribution in [3.05, 3.63) is 41.5 Å². The Balaban J connectivity index is 2.29. The highest BCUT2D eigenvalue weighted by Gasteiger charge is 2.17. The number of nitrogens with zero attached hydrogens (tertiary/aromatic N) is 3. The molecule has 0 aliphatic heterocycles. The Morgan fingerprint density at radius 3 is 2.24 bits per heavy atom. The van der Waals surface area contributed by atoms with Gasteiger partial charge in [-0.3, -0.25) is 4.72 Å². The number of sulfonamides is 1. The van der Waals surface area contributed by atoms with E-state index in [1.54, 1.807) is 12.1 Å². The smallest absolute Gasteiger partial charge is 0.241 e. The fourth-order valence-corrected chi connectivity index (χ4v) is 3.32. The number of benzene rings is 1. The first-order valence-corrected chi connectivity index (χ1v) is 11.3. The molecule has 0 bridgehead atoms. The summed E-state index contributed by atoms with van der Waals surface area (Å²) >= 11 is 0. The van der Waals surface area contributed by atoms with Crippen molar-refractivity contribution in [3.63, 3.8) is 0 Å². The van der Waals surface area contributed by atoms with Gasteiger partial charge in [-0.15, -0.1) is 0 Å².